The van der Waals surface area contributed by atoms with Gasteiger partial charge in [-0.05, 0) is 25.2 Å². The molecule has 1 saturated heterocycles. The van der Waals surface area contributed by atoms with Crippen molar-refractivity contribution in [1.82, 2.24) is 10.2 Å². The summed E-state index contributed by atoms with van der Waals surface area (Å²) in [6.45, 7) is 2.74. The number of carboxylic acid groups (broad SMARTS) is 1. The SMILES string of the molecule is CN1CCOC(CNC(=O)Nc2cccc(C(=O)O)c2)C1. The van der Waals surface area contributed by atoms with Crippen molar-refractivity contribution in [3.8, 4) is 0 Å². The summed E-state index contributed by atoms with van der Waals surface area (Å²) in [7, 11) is 2.01. The number of rotatable bonds is 4. The van der Waals surface area contributed by atoms with E-state index in [4.69, 9.17) is 9.84 Å². The van der Waals surface area contributed by atoms with Gasteiger partial charge in [0, 0.05) is 25.3 Å². The van der Waals surface area contributed by atoms with Gasteiger partial charge in [0.2, 0.25) is 0 Å². The van der Waals surface area contributed by atoms with Crippen molar-refractivity contribution in [1.29, 1.82) is 0 Å². The number of morpholine rings is 1. The number of carboxylic acids is 1. The van der Waals surface area contributed by atoms with Gasteiger partial charge in [0.15, 0.2) is 0 Å². The van der Waals surface area contributed by atoms with Crippen LogP contribution in [0.4, 0.5) is 10.5 Å². The smallest absolute Gasteiger partial charge is 0.335 e. The zero-order valence-electron chi connectivity index (χ0n) is 11.8. The minimum Gasteiger partial charge on any atom is -0.478 e. The van der Waals surface area contributed by atoms with Crippen molar-refractivity contribution in [3.05, 3.63) is 29.8 Å². The molecular formula is C14H19N3O4. The number of anilines is 1. The number of likely N-dealkylation sites (N-methyl/N-ethyl adjacent to an activating group) is 1. The van der Waals surface area contributed by atoms with E-state index >= 15 is 0 Å². The first-order valence-electron chi connectivity index (χ1n) is 6.73. The minimum atomic E-state index is -1.03. The molecule has 0 aromatic heterocycles. The van der Waals surface area contributed by atoms with Gasteiger partial charge in [-0.3, -0.25) is 0 Å². The molecule has 2 amide bonds. The van der Waals surface area contributed by atoms with E-state index in [9.17, 15) is 9.59 Å². The van der Waals surface area contributed by atoms with Crippen molar-refractivity contribution in [2.45, 2.75) is 6.10 Å². The quantitative estimate of drug-likeness (QED) is 0.765. The molecule has 114 valence electrons. The molecule has 1 fully saturated rings. The fourth-order valence-electron chi connectivity index (χ4n) is 2.10. The predicted octanol–water partition coefficient (Wildman–Crippen LogP) is 0.837. The number of amides is 2. The van der Waals surface area contributed by atoms with Gasteiger partial charge in [-0.15, -0.1) is 0 Å². The maximum absolute atomic E-state index is 11.8. The number of ether oxygens (including phenoxy) is 1. The summed E-state index contributed by atoms with van der Waals surface area (Å²) in [5.41, 5.74) is 0.569. The van der Waals surface area contributed by atoms with E-state index in [0.717, 1.165) is 13.1 Å². The number of benzene rings is 1. The van der Waals surface area contributed by atoms with Gasteiger partial charge in [-0.25, -0.2) is 9.59 Å². The number of hydrogen-bond acceptors (Lipinski definition) is 4. The maximum Gasteiger partial charge on any atom is 0.335 e. The van der Waals surface area contributed by atoms with Crippen LogP contribution in [0.2, 0.25) is 0 Å². The largest absolute Gasteiger partial charge is 0.478 e. The summed E-state index contributed by atoms with van der Waals surface area (Å²) in [6.07, 6.45) is -0.0279. The Morgan fingerprint density at radius 1 is 1.48 bits per heavy atom. The number of urea groups is 1. The molecule has 0 saturated carbocycles. The molecule has 7 nitrogen and oxygen atoms in total. The third-order valence-corrected chi connectivity index (χ3v) is 3.20. The monoisotopic (exact) mass is 293 g/mol. The number of nitrogens with zero attached hydrogens (tertiary/aromatic N) is 1. The van der Waals surface area contributed by atoms with Crippen molar-refractivity contribution in [2.24, 2.45) is 0 Å². The molecule has 1 aliphatic heterocycles. The highest BCUT2D eigenvalue weighted by Gasteiger charge is 2.18. The number of hydrogen-bond donors (Lipinski definition) is 3. The molecule has 1 heterocycles. The van der Waals surface area contributed by atoms with Crippen LogP contribution in [0, 0.1) is 0 Å². The zero-order valence-corrected chi connectivity index (χ0v) is 11.8. The van der Waals surface area contributed by atoms with Gasteiger partial charge in [0.1, 0.15) is 0 Å². The average Bonchev–Trinajstić information content (AvgIpc) is 2.45. The Kier molecular flexibility index (Phi) is 5.13. The first-order chi connectivity index (χ1) is 10.0. The van der Waals surface area contributed by atoms with Gasteiger partial charge >= 0.3 is 12.0 Å². The molecule has 21 heavy (non-hydrogen) atoms. The highest BCUT2D eigenvalue weighted by Crippen LogP contribution is 2.10. The van der Waals surface area contributed by atoms with Gasteiger partial charge in [0.05, 0.1) is 18.3 Å². The Morgan fingerprint density at radius 2 is 2.29 bits per heavy atom. The molecule has 0 spiro atoms. The number of carbonyl (C=O) groups excluding carboxylic acids is 1. The summed E-state index contributed by atoms with van der Waals surface area (Å²) in [5.74, 6) is -1.03. The molecular weight excluding hydrogens is 274 g/mol. The van der Waals surface area contributed by atoms with Crippen LogP contribution in [0.1, 0.15) is 10.4 Å². The summed E-state index contributed by atoms with van der Waals surface area (Å²) in [5, 5.41) is 14.2. The second-order valence-corrected chi connectivity index (χ2v) is 4.98. The third-order valence-electron chi connectivity index (χ3n) is 3.20. The lowest BCUT2D eigenvalue weighted by atomic mass is 10.2. The van der Waals surface area contributed by atoms with Gasteiger partial charge < -0.3 is 25.4 Å². The Hall–Kier alpha value is -2.12. The first kappa shape index (κ1) is 15.3. The van der Waals surface area contributed by atoms with Crippen molar-refractivity contribution in [2.75, 3.05) is 38.6 Å². The molecule has 0 bridgehead atoms. The predicted molar refractivity (Wildman–Crippen MR) is 77.7 cm³/mol. The van der Waals surface area contributed by atoms with Crippen LogP contribution in [0.3, 0.4) is 0 Å². The molecule has 1 aromatic carbocycles. The Bertz CT molecular complexity index is 521. The van der Waals surface area contributed by atoms with Crippen LogP contribution < -0.4 is 10.6 Å². The maximum atomic E-state index is 11.8. The molecule has 1 atom stereocenters. The van der Waals surface area contributed by atoms with E-state index < -0.39 is 5.97 Å². The van der Waals surface area contributed by atoms with Crippen LogP contribution in [0.25, 0.3) is 0 Å². The lowest BCUT2D eigenvalue weighted by Gasteiger charge is -2.30. The summed E-state index contributed by atoms with van der Waals surface area (Å²) in [6, 6.07) is 5.72. The molecule has 0 aliphatic carbocycles. The fourth-order valence-corrected chi connectivity index (χ4v) is 2.10. The Labute approximate surface area is 122 Å². The van der Waals surface area contributed by atoms with Crippen LogP contribution >= 0.6 is 0 Å². The van der Waals surface area contributed by atoms with Crippen molar-refractivity contribution in [3.63, 3.8) is 0 Å². The lowest BCUT2D eigenvalue weighted by Crippen LogP contribution is -2.46. The first-order valence-corrected chi connectivity index (χ1v) is 6.73. The fraction of sp³-hybridized carbons (Fsp3) is 0.429. The highest BCUT2D eigenvalue weighted by atomic mass is 16.5. The van der Waals surface area contributed by atoms with E-state index in [1.807, 2.05) is 7.05 Å². The Morgan fingerprint density at radius 3 is 3.00 bits per heavy atom. The van der Waals surface area contributed by atoms with E-state index in [0.29, 0.717) is 18.8 Å². The van der Waals surface area contributed by atoms with Crippen LogP contribution in [-0.4, -0.2) is 61.4 Å². The minimum absolute atomic E-state index is 0.0279. The summed E-state index contributed by atoms with van der Waals surface area (Å²) < 4.78 is 5.54. The summed E-state index contributed by atoms with van der Waals surface area (Å²) in [4.78, 5) is 24.8. The molecule has 3 N–H and O–H groups in total. The highest BCUT2D eigenvalue weighted by molar-refractivity contribution is 5.93. The number of carbonyl (C=O) groups is 2. The van der Waals surface area contributed by atoms with Gasteiger partial charge in [-0.1, -0.05) is 6.07 Å². The van der Waals surface area contributed by atoms with E-state index in [-0.39, 0.29) is 17.7 Å². The topological polar surface area (TPSA) is 90.9 Å². The van der Waals surface area contributed by atoms with Crippen molar-refractivity contribution < 1.29 is 19.4 Å². The standard InChI is InChI=1S/C14H19N3O4/c1-17-5-6-21-12(9-17)8-15-14(20)16-11-4-2-3-10(7-11)13(18)19/h2-4,7,12H,5-6,8-9H2,1H3,(H,18,19)(H2,15,16,20). The zero-order chi connectivity index (χ0) is 15.2. The third kappa shape index (κ3) is 4.73. The second kappa shape index (κ2) is 7.05. The molecule has 7 heteroatoms. The van der Waals surface area contributed by atoms with E-state index in [1.54, 1.807) is 12.1 Å². The Balaban J connectivity index is 1.81. The van der Waals surface area contributed by atoms with Gasteiger partial charge in [0.25, 0.3) is 0 Å². The van der Waals surface area contributed by atoms with Crippen LogP contribution in [0.15, 0.2) is 24.3 Å². The van der Waals surface area contributed by atoms with Crippen LogP contribution in [-0.2, 0) is 4.74 Å². The van der Waals surface area contributed by atoms with Crippen LogP contribution in [0.5, 0.6) is 0 Å². The molecule has 1 aromatic rings. The molecule has 1 unspecified atom stereocenters. The van der Waals surface area contributed by atoms with Crippen molar-refractivity contribution >= 4 is 17.7 Å². The second-order valence-electron chi connectivity index (χ2n) is 4.98. The molecule has 2 rings (SSSR count). The average molecular weight is 293 g/mol. The number of nitrogens with one attached hydrogen (secondary N) is 2. The normalized spacial score (nSPS) is 19.0. The molecule has 1 aliphatic rings. The van der Waals surface area contributed by atoms with E-state index in [2.05, 4.69) is 15.5 Å². The molecule has 0 radical (unpaired) electrons. The number of aromatic carboxylic acids is 1. The lowest BCUT2D eigenvalue weighted by molar-refractivity contribution is -0.0166. The summed E-state index contributed by atoms with van der Waals surface area (Å²) >= 11 is 0. The van der Waals surface area contributed by atoms with E-state index in [1.165, 1.54) is 12.1 Å². The van der Waals surface area contributed by atoms with Gasteiger partial charge in [-0.2, -0.15) is 0 Å².